The quantitative estimate of drug-likeness (QED) is 0.131. The van der Waals surface area contributed by atoms with Crippen molar-refractivity contribution in [2.45, 2.75) is 18.5 Å². The second-order valence-electron chi connectivity index (χ2n) is 15.7. The van der Waals surface area contributed by atoms with Gasteiger partial charge in [-0.2, -0.15) is 55.3 Å². The van der Waals surface area contributed by atoms with Crippen LogP contribution in [0.3, 0.4) is 0 Å². The van der Waals surface area contributed by atoms with Crippen LogP contribution in [0.1, 0.15) is 66.8 Å². The van der Waals surface area contributed by atoms with Gasteiger partial charge in [-0.25, -0.2) is 0 Å². The lowest BCUT2D eigenvalue weighted by atomic mass is 9.81. The lowest BCUT2D eigenvalue weighted by molar-refractivity contribution is -0.138. The summed E-state index contributed by atoms with van der Waals surface area (Å²) in [7, 11) is 0. The molecule has 12 heteroatoms. The minimum atomic E-state index is -4.67. The summed E-state index contributed by atoms with van der Waals surface area (Å²) in [6.45, 7) is 0. The van der Waals surface area contributed by atoms with Crippen molar-refractivity contribution in [1.82, 2.24) is 0 Å². The number of alkyl halides is 9. The summed E-state index contributed by atoms with van der Waals surface area (Å²) in [5, 5.41) is 33.4. The maximum Gasteiger partial charge on any atom is 0.416 e. The molecular formula is C54H24F9N3. The topological polar surface area (TPSA) is 71.4 Å². The average molecular weight is 886 g/mol. The Kier molecular flexibility index (Phi) is 9.35. The minimum absolute atomic E-state index is 0.000446. The molecule has 0 aromatic heterocycles. The Labute approximate surface area is 370 Å². The molecule has 10 rings (SSSR count). The Morgan fingerprint density at radius 2 is 0.500 bits per heavy atom. The Balaban J connectivity index is 1.43. The number of benzene rings is 7. The Bertz CT molecular complexity index is 3080. The zero-order valence-corrected chi connectivity index (χ0v) is 33.6. The lowest BCUT2D eigenvalue weighted by Gasteiger charge is -2.20. The van der Waals surface area contributed by atoms with Crippen molar-refractivity contribution in [2.75, 3.05) is 0 Å². The molecule has 318 valence electrons. The Morgan fingerprint density at radius 1 is 0.288 bits per heavy atom. The van der Waals surface area contributed by atoms with Crippen LogP contribution in [-0.4, -0.2) is 0 Å². The summed E-state index contributed by atoms with van der Waals surface area (Å²) in [6.07, 6.45) is -14.0. The van der Waals surface area contributed by atoms with E-state index in [9.17, 15) is 55.3 Å². The zero-order valence-electron chi connectivity index (χ0n) is 33.6. The summed E-state index contributed by atoms with van der Waals surface area (Å²) in [5.74, 6) is 0. The number of halogens is 9. The van der Waals surface area contributed by atoms with Crippen LogP contribution in [0.4, 0.5) is 39.5 Å². The molecule has 0 unspecified atom stereocenters. The second kappa shape index (κ2) is 14.8. The molecule has 0 fully saturated rings. The van der Waals surface area contributed by atoms with Crippen molar-refractivity contribution in [2.24, 2.45) is 0 Å². The zero-order chi connectivity index (χ0) is 46.4. The predicted octanol–water partition coefficient (Wildman–Crippen LogP) is 15.1. The average Bonchev–Trinajstić information content (AvgIpc) is 3.93. The first-order chi connectivity index (χ1) is 31.6. The summed E-state index contributed by atoms with van der Waals surface area (Å²) in [4.78, 5) is 0. The third kappa shape index (κ3) is 6.27. The number of hydrogen-bond acceptors (Lipinski definition) is 3. The van der Waals surface area contributed by atoms with Crippen molar-refractivity contribution < 1.29 is 39.5 Å². The number of rotatable bonds is 3. The van der Waals surface area contributed by atoms with E-state index in [0.29, 0.717) is 83.5 Å². The minimum Gasteiger partial charge on any atom is -0.192 e. The molecule has 0 bridgehead atoms. The fraction of sp³-hybridized carbons (Fsp3) is 0.0556. The van der Waals surface area contributed by atoms with Gasteiger partial charge >= 0.3 is 18.5 Å². The van der Waals surface area contributed by atoms with Crippen LogP contribution in [0.5, 0.6) is 0 Å². The van der Waals surface area contributed by atoms with Gasteiger partial charge in [-0.3, -0.25) is 0 Å². The maximum absolute atomic E-state index is 13.8. The SMILES string of the molecule is N#CC(=C1c2ccccc2-c2c1c1c(c3c2C(=C(C#N)c2ccc(C(F)(F)F)cc2)c2ccccc2-3)C(=C(C#N)c2ccc(C(F)(F)F)cc2)c2ccccc2-1)c1ccc(C(F)(F)F)cc1. The van der Waals surface area contributed by atoms with Crippen molar-refractivity contribution >= 4 is 33.4 Å². The molecule has 0 radical (unpaired) electrons. The first-order valence-electron chi connectivity index (χ1n) is 20.1. The fourth-order valence-corrected chi connectivity index (χ4v) is 9.52. The Morgan fingerprint density at radius 3 is 0.697 bits per heavy atom. The molecule has 7 aromatic rings. The largest absolute Gasteiger partial charge is 0.416 e. The van der Waals surface area contributed by atoms with Crippen LogP contribution in [0, 0.1) is 34.0 Å². The molecule has 0 spiro atoms. The molecule has 0 atom stereocenters. The van der Waals surface area contributed by atoms with Crippen molar-refractivity contribution in [3.8, 4) is 51.6 Å². The molecule has 0 N–H and O–H groups in total. The lowest BCUT2D eigenvalue weighted by Crippen LogP contribution is -2.05. The molecule has 3 aliphatic carbocycles. The van der Waals surface area contributed by atoms with E-state index in [4.69, 9.17) is 0 Å². The first-order valence-corrected chi connectivity index (χ1v) is 20.1. The van der Waals surface area contributed by atoms with Crippen molar-refractivity contribution in [3.63, 3.8) is 0 Å². The molecule has 0 heterocycles. The van der Waals surface area contributed by atoms with E-state index < -0.39 is 35.2 Å². The van der Waals surface area contributed by atoms with Gasteiger partial charge in [-0.15, -0.1) is 0 Å². The third-order valence-electron chi connectivity index (χ3n) is 12.2. The molecule has 0 saturated carbocycles. The molecule has 0 saturated heterocycles. The van der Waals surface area contributed by atoms with Crippen LogP contribution in [-0.2, 0) is 18.5 Å². The molecular weight excluding hydrogens is 862 g/mol. The highest BCUT2D eigenvalue weighted by atomic mass is 19.4. The van der Waals surface area contributed by atoms with Gasteiger partial charge in [0.15, 0.2) is 0 Å². The van der Waals surface area contributed by atoms with E-state index >= 15 is 0 Å². The fourth-order valence-electron chi connectivity index (χ4n) is 9.52. The van der Waals surface area contributed by atoms with E-state index in [1.807, 2.05) is 0 Å². The highest BCUT2D eigenvalue weighted by Crippen LogP contribution is 2.66. The van der Waals surface area contributed by atoms with Gasteiger partial charge in [-0.05, 0) is 103 Å². The molecule has 7 aromatic carbocycles. The maximum atomic E-state index is 13.8. The highest BCUT2D eigenvalue weighted by Gasteiger charge is 2.45. The number of fused-ring (bicyclic) bond motifs is 12. The summed E-state index contributed by atoms with van der Waals surface area (Å²) in [5.41, 5.74) is 4.78. The van der Waals surface area contributed by atoms with E-state index in [-0.39, 0.29) is 33.4 Å². The van der Waals surface area contributed by atoms with E-state index in [2.05, 4.69) is 18.2 Å². The number of hydrogen-bond donors (Lipinski definition) is 0. The van der Waals surface area contributed by atoms with E-state index in [0.717, 1.165) is 36.4 Å². The van der Waals surface area contributed by atoms with Gasteiger partial charge in [0.1, 0.15) is 18.2 Å². The first kappa shape index (κ1) is 41.6. The van der Waals surface area contributed by atoms with Gasteiger partial charge in [0, 0.05) is 33.4 Å². The number of allylic oxidation sites excluding steroid dienone is 3. The van der Waals surface area contributed by atoms with Crippen molar-refractivity contribution in [1.29, 1.82) is 15.8 Å². The standard InChI is InChI=1S/C54H24F9N3/c55-52(56,57)31-19-13-28(14-20-31)40(25-64)43-34-7-1-4-10-37(34)46-49(43)47-38-11-5-2-8-35(38)45(42(27-66)30-17-23-33(24-18-30)54(61,62)63)51(47)48-39-12-6-3-9-36(39)44(50(46)48)41(26-65)29-15-21-32(22-16-29)53(58,59)60/h1-24H. The van der Waals surface area contributed by atoms with Gasteiger partial charge < -0.3 is 0 Å². The highest BCUT2D eigenvalue weighted by molar-refractivity contribution is 6.30. The van der Waals surface area contributed by atoms with Gasteiger partial charge in [-0.1, -0.05) is 109 Å². The van der Waals surface area contributed by atoms with Crippen LogP contribution in [0.25, 0.3) is 66.8 Å². The van der Waals surface area contributed by atoms with Crippen LogP contribution < -0.4 is 0 Å². The second-order valence-corrected chi connectivity index (χ2v) is 15.7. The summed E-state index contributed by atoms with van der Waals surface area (Å²) in [6, 6.07) is 40.5. The van der Waals surface area contributed by atoms with Gasteiger partial charge in [0.25, 0.3) is 0 Å². The number of nitrogens with zero attached hydrogens (tertiary/aromatic N) is 3. The van der Waals surface area contributed by atoms with Crippen LogP contribution in [0.2, 0.25) is 0 Å². The van der Waals surface area contributed by atoms with E-state index in [1.54, 1.807) is 72.8 Å². The predicted molar refractivity (Wildman–Crippen MR) is 232 cm³/mol. The molecule has 66 heavy (non-hydrogen) atoms. The Hall–Kier alpha value is -8.40. The summed E-state index contributed by atoms with van der Waals surface area (Å²) >= 11 is 0. The molecule has 3 nitrogen and oxygen atoms in total. The van der Waals surface area contributed by atoms with Crippen molar-refractivity contribution in [3.05, 3.63) is 212 Å². The summed E-state index contributed by atoms with van der Waals surface area (Å²) < 4.78 is 125. The molecule has 0 aliphatic heterocycles. The third-order valence-corrected chi connectivity index (χ3v) is 12.2. The molecule has 3 aliphatic rings. The normalized spacial score (nSPS) is 15.5. The van der Waals surface area contributed by atoms with Gasteiger partial charge in [0.2, 0.25) is 0 Å². The van der Waals surface area contributed by atoms with Crippen LogP contribution in [0.15, 0.2) is 146 Å². The van der Waals surface area contributed by atoms with Crippen LogP contribution >= 0.6 is 0 Å². The monoisotopic (exact) mass is 885 g/mol. The molecule has 0 amide bonds. The smallest absolute Gasteiger partial charge is 0.192 e. The van der Waals surface area contributed by atoms with E-state index in [1.165, 1.54) is 36.4 Å². The van der Waals surface area contributed by atoms with Gasteiger partial charge in [0.05, 0.1) is 33.4 Å². The number of nitriles is 3.